The summed E-state index contributed by atoms with van der Waals surface area (Å²) in [6.07, 6.45) is 1.70. The number of carbonyl (C=O) groups excluding carboxylic acids is 1. The lowest BCUT2D eigenvalue weighted by atomic mass is 10.1. The molecule has 1 heterocycles. The summed E-state index contributed by atoms with van der Waals surface area (Å²) in [5.41, 5.74) is 2.03. The van der Waals surface area contributed by atoms with Crippen molar-refractivity contribution in [2.45, 2.75) is 6.92 Å². The third-order valence-corrected chi connectivity index (χ3v) is 3.55. The van der Waals surface area contributed by atoms with Gasteiger partial charge in [-0.1, -0.05) is 41.9 Å². The first-order valence-electron chi connectivity index (χ1n) is 6.56. The molecule has 3 rings (SSSR count). The fourth-order valence-electron chi connectivity index (χ4n) is 2.12. The molecule has 0 aliphatic rings. The molecule has 1 amide bonds. The Hall–Kier alpha value is -2.39. The van der Waals surface area contributed by atoms with Crippen molar-refractivity contribution in [3.63, 3.8) is 0 Å². The number of nitrogens with zero attached hydrogens (tertiary/aromatic N) is 1. The van der Waals surface area contributed by atoms with Crippen LogP contribution in [-0.4, -0.2) is 10.9 Å². The highest BCUT2D eigenvalue weighted by atomic mass is 35.5. The minimum absolute atomic E-state index is 0.244. The van der Waals surface area contributed by atoms with E-state index in [0.717, 1.165) is 16.3 Å². The molecule has 0 aliphatic carbocycles. The Morgan fingerprint density at radius 2 is 1.86 bits per heavy atom. The predicted octanol–water partition coefficient (Wildman–Crippen LogP) is 4.45. The maximum absolute atomic E-state index is 12.3. The van der Waals surface area contributed by atoms with Crippen molar-refractivity contribution in [1.29, 1.82) is 0 Å². The minimum Gasteiger partial charge on any atom is -0.320 e. The SMILES string of the molecule is Cc1ccc(Cl)cc1NC(=O)c1cc2ccccc2cn1. The third kappa shape index (κ3) is 2.88. The average Bonchev–Trinajstić information content (AvgIpc) is 2.50. The Labute approximate surface area is 127 Å². The molecule has 0 bridgehead atoms. The first-order chi connectivity index (χ1) is 10.1. The highest BCUT2D eigenvalue weighted by Gasteiger charge is 2.10. The standard InChI is InChI=1S/C17H13ClN2O/c1-11-6-7-14(18)9-15(11)20-17(21)16-8-12-4-2-3-5-13(12)10-19-16/h2-10H,1H3,(H,20,21). The van der Waals surface area contributed by atoms with E-state index < -0.39 is 0 Å². The van der Waals surface area contributed by atoms with Crippen LogP contribution in [0.4, 0.5) is 5.69 Å². The van der Waals surface area contributed by atoms with Crippen LogP contribution in [0.15, 0.2) is 54.7 Å². The summed E-state index contributed by atoms with van der Waals surface area (Å²) in [6.45, 7) is 1.92. The molecule has 0 saturated carbocycles. The normalized spacial score (nSPS) is 10.6. The molecule has 0 radical (unpaired) electrons. The zero-order valence-corrected chi connectivity index (χ0v) is 12.2. The van der Waals surface area contributed by atoms with Crippen molar-refractivity contribution in [2.24, 2.45) is 0 Å². The number of aromatic nitrogens is 1. The quantitative estimate of drug-likeness (QED) is 0.759. The summed E-state index contributed by atoms with van der Waals surface area (Å²) in [6, 6.07) is 15.0. The van der Waals surface area contributed by atoms with Gasteiger partial charge in [-0.2, -0.15) is 0 Å². The Morgan fingerprint density at radius 3 is 2.67 bits per heavy atom. The second kappa shape index (κ2) is 5.54. The van der Waals surface area contributed by atoms with Crippen LogP contribution < -0.4 is 5.32 Å². The van der Waals surface area contributed by atoms with E-state index in [4.69, 9.17) is 11.6 Å². The lowest BCUT2D eigenvalue weighted by molar-refractivity contribution is 0.102. The minimum atomic E-state index is -0.244. The molecule has 4 heteroatoms. The van der Waals surface area contributed by atoms with E-state index in [-0.39, 0.29) is 5.91 Å². The van der Waals surface area contributed by atoms with Gasteiger partial charge in [0, 0.05) is 22.3 Å². The number of amides is 1. The lowest BCUT2D eigenvalue weighted by Crippen LogP contribution is -2.14. The fraction of sp³-hybridized carbons (Fsp3) is 0.0588. The zero-order valence-electron chi connectivity index (χ0n) is 11.4. The predicted molar refractivity (Wildman–Crippen MR) is 85.9 cm³/mol. The molecule has 2 aromatic carbocycles. The molecule has 0 unspecified atom stereocenters. The molecular formula is C17H13ClN2O. The highest BCUT2D eigenvalue weighted by Crippen LogP contribution is 2.21. The maximum Gasteiger partial charge on any atom is 0.274 e. The van der Waals surface area contributed by atoms with Crippen LogP contribution in [-0.2, 0) is 0 Å². The van der Waals surface area contributed by atoms with Gasteiger partial charge in [0.05, 0.1) is 0 Å². The second-order valence-electron chi connectivity index (χ2n) is 4.83. The van der Waals surface area contributed by atoms with E-state index in [1.807, 2.05) is 37.3 Å². The summed E-state index contributed by atoms with van der Waals surface area (Å²) in [5, 5.41) is 5.43. The van der Waals surface area contributed by atoms with E-state index in [2.05, 4.69) is 10.3 Å². The van der Waals surface area contributed by atoms with Gasteiger partial charge >= 0.3 is 0 Å². The molecule has 0 saturated heterocycles. The molecule has 0 spiro atoms. The van der Waals surface area contributed by atoms with E-state index >= 15 is 0 Å². The van der Waals surface area contributed by atoms with Crippen LogP contribution in [0.3, 0.4) is 0 Å². The Balaban J connectivity index is 1.91. The van der Waals surface area contributed by atoms with Crippen LogP contribution >= 0.6 is 11.6 Å². The van der Waals surface area contributed by atoms with Gasteiger partial charge in [-0.15, -0.1) is 0 Å². The number of fused-ring (bicyclic) bond motifs is 1. The van der Waals surface area contributed by atoms with Crippen molar-refractivity contribution in [2.75, 3.05) is 5.32 Å². The number of carbonyl (C=O) groups is 1. The van der Waals surface area contributed by atoms with Crippen LogP contribution in [0.1, 0.15) is 16.1 Å². The number of hydrogen-bond acceptors (Lipinski definition) is 2. The fourth-order valence-corrected chi connectivity index (χ4v) is 2.30. The van der Waals surface area contributed by atoms with Gasteiger partial charge in [0.2, 0.25) is 0 Å². The maximum atomic E-state index is 12.3. The van der Waals surface area contributed by atoms with Crippen LogP contribution in [0.2, 0.25) is 5.02 Å². The number of halogens is 1. The molecule has 1 aromatic heterocycles. The van der Waals surface area contributed by atoms with Gasteiger partial charge in [-0.05, 0) is 36.1 Å². The van der Waals surface area contributed by atoms with Crippen LogP contribution in [0.5, 0.6) is 0 Å². The topological polar surface area (TPSA) is 42.0 Å². The number of hydrogen-bond donors (Lipinski definition) is 1. The lowest BCUT2D eigenvalue weighted by Gasteiger charge is -2.09. The molecule has 0 fully saturated rings. The molecular weight excluding hydrogens is 284 g/mol. The zero-order chi connectivity index (χ0) is 14.8. The van der Waals surface area contributed by atoms with Crippen molar-refractivity contribution in [1.82, 2.24) is 4.98 Å². The monoisotopic (exact) mass is 296 g/mol. The van der Waals surface area contributed by atoms with E-state index in [9.17, 15) is 4.79 Å². The Morgan fingerprint density at radius 1 is 1.10 bits per heavy atom. The molecule has 3 nitrogen and oxygen atoms in total. The number of rotatable bonds is 2. The van der Waals surface area contributed by atoms with E-state index in [0.29, 0.717) is 16.4 Å². The van der Waals surface area contributed by atoms with Gasteiger partial charge < -0.3 is 5.32 Å². The number of anilines is 1. The summed E-state index contributed by atoms with van der Waals surface area (Å²) >= 11 is 5.96. The van der Waals surface area contributed by atoms with Gasteiger partial charge in [0.15, 0.2) is 0 Å². The summed E-state index contributed by atoms with van der Waals surface area (Å²) < 4.78 is 0. The summed E-state index contributed by atoms with van der Waals surface area (Å²) in [7, 11) is 0. The van der Waals surface area contributed by atoms with E-state index in [1.165, 1.54) is 0 Å². The number of benzene rings is 2. The molecule has 0 atom stereocenters. The number of aryl methyl sites for hydroxylation is 1. The first kappa shape index (κ1) is 13.6. The average molecular weight is 297 g/mol. The summed E-state index contributed by atoms with van der Waals surface area (Å²) in [4.78, 5) is 16.5. The molecule has 21 heavy (non-hydrogen) atoms. The molecule has 1 N–H and O–H groups in total. The van der Waals surface area contributed by atoms with Gasteiger partial charge in [-0.25, -0.2) is 0 Å². The molecule has 0 aliphatic heterocycles. The van der Waals surface area contributed by atoms with Crippen LogP contribution in [0, 0.1) is 6.92 Å². The largest absolute Gasteiger partial charge is 0.320 e. The van der Waals surface area contributed by atoms with Gasteiger partial charge in [0.1, 0.15) is 5.69 Å². The second-order valence-corrected chi connectivity index (χ2v) is 5.27. The van der Waals surface area contributed by atoms with Crippen LogP contribution in [0.25, 0.3) is 10.8 Å². The van der Waals surface area contributed by atoms with Crippen molar-refractivity contribution >= 4 is 34.0 Å². The van der Waals surface area contributed by atoms with E-state index in [1.54, 1.807) is 24.4 Å². The highest BCUT2D eigenvalue weighted by molar-refractivity contribution is 6.31. The molecule has 104 valence electrons. The summed E-state index contributed by atoms with van der Waals surface area (Å²) in [5.74, 6) is -0.244. The number of pyridine rings is 1. The van der Waals surface area contributed by atoms with Gasteiger partial charge in [-0.3, -0.25) is 9.78 Å². The van der Waals surface area contributed by atoms with Crippen molar-refractivity contribution < 1.29 is 4.79 Å². The van der Waals surface area contributed by atoms with Gasteiger partial charge in [0.25, 0.3) is 5.91 Å². The number of nitrogens with one attached hydrogen (secondary N) is 1. The van der Waals surface area contributed by atoms with Crippen molar-refractivity contribution in [3.05, 3.63) is 71.0 Å². The Kier molecular flexibility index (Phi) is 3.59. The molecule has 3 aromatic rings. The third-order valence-electron chi connectivity index (χ3n) is 3.31. The first-order valence-corrected chi connectivity index (χ1v) is 6.93. The van der Waals surface area contributed by atoms with Crippen molar-refractivity contribution in [3.8, 4) is 0 Å². The smallest absolute Gasteiger partial charge is 0.274 e. The Bertz CT molecular complexity index is 830.